The molecule has 1 amide bonds. The van der Waals surface area contributed by atoms with Crippen LogP contribution in [-0.4, -0.2) is 24.0 Å². The van der Waals surface area contributed by atoms with Crippen LogP contribution in [0, 0.1) is 21.4 Å². The van der Waals surface area contributed by atoms with Crippen molar-refractivity contribution in [2.45, 2.75) is 12.8 Å². The first-order chi connectivity index (χ1) is 12.1. The SMILES string of the molecule is N#Cc1ccc(OCC(=O)N2CCCc3cc([N+](=O)[O-])ccc32)cc1. The van der Waals surface area contributed by atoms with E-state index in [1.54, 1.807) is 35.2 Å². The van der Waals surface area contributed by atoms with E-state index >= 15 is 0 Å². The van der Waals surface area contributed by atoms with Gasteiger partial charge in [0, 0.05) is 24.4 Å². The number of ether oxygens (including phenoxy) is 1. The van der Waals surface area contributed by atoms with Gasteiger partial charge >= 0.3 is 0 Å². The summed E-state index contributed by atoms with van der Waals surface area (Å²) >= 11 is 0. The number of aryl methyl sites for hydroxylation is 1. The monoisotopic (exact) mass is 337 g/mol. The lowest BCUT2D eigenvalue weighted by atomic mass is 10.0. The van der Waals surface area contributed by atoms with Gasteiger partial charge < -0.3 is 9.64 Å². The van der Waals surface area contributed by atoms with Gasteiger partial charge in [-0.1, -0.05) is 0 Å². The highest BCUT2D eigenvalue weighted by atomic mass is 16.6. The second kappa shape index (κ2) is 7.01. The maximum atomic E-state index is 12.5. The van der Waals surface area contributed by atoms with E-state index in [0.717, 1.165) is 12.0 Å². The fourth-order valence-electron chi connectivity index (χ4n) is 2.80. The molecule has 126 valence electrons. The smallest absolute Gasteiger partial charge is 0.269 e. The number of hydrogen-bond acceptors (Lipinski definition) is 5. The summed E-state index contributed by atoms with van der Waals surface area (Å²) in [5.41, 5.74) is 2.05. The van der Waals surface area contributed by atoms with Gasteiger partial charge in [0.25, 0.3) is 11.6 Å². The Balaban J connectivity index is 1.71. The van der Waals surface area contributed by atoms with Gasteiger partial charge in [0.1, 0.15) is 5.75 Å². The van der Waals surface area contributed by atoms with E-state index in [9.17, 15) is 14.9 Å². The van der Waals surface area contributed by atoms with Crippen LogP contribution in [0.25, 0.3) is 0 Å². The van der Waals surface area contributed by atoms with Gasteiger partial charge in [0.05, 0.1) is 16.6 Å². The molecule has 7 nitrogen and oxygen atoms in total. The third-order valence-corrected chi connectivity index (χ3v) is 4.04. The second-order valence-corrected chi connectivity index (χ2v) is 5.64. The average molecular weight is 337 g/mol. The number of benzene rings is 2. The van der Waals surface area contributed by atoms with Gasteiger partial charge in [0.15, 0.2) is 6.61 Å². The Morgan fingerprint density at radius 1 is 1.28 bits per heavy atom. The van der Waals surface area contributed by atoms with Crippen molar-refractivity contribution in [2.75, 3.05) is 18.1 Å². The van der Waals surface area contributed by atoms with Crippen molar-refractivity contribution in [3.8, 4) is 11.8 Å². The maximum absolute atomic E-state index is 12.5. The van der Waals surface area contributed by atoms with Crippen LogP contribution in [0.3, 0.4) is 0 Å². The Bertz CT molecular complexity index is 856. The summed E-state index contributed by atoms with van der Waals surface area (Å²) in [6, 6.07) is 13.1. The summed E-state index contributed by atoms with van der Waals surface area (Å²) < 4.78 is 5.49. The first kappa shape index (κ1) is 16.5. The fraction of sp³-hybridized carbons (Fsp3) is 0.222. The number of fused-ring (bicyclic) bond motifs is 1. The zero-order valence-electron chi connectivity index (χ0n) is 13.3. The van der Waals surface area contributed by atoms with Crippen molar-refractivity contribution in [1.82, 2.24) is 0 Å². The minimum atomic E-state index is -0.435. The topological polar surface area (TPSA) is 96.5 Å². The van der Waals surface area contributed by atoms with Crippen molar-refractivity contribution in [3.05, 3.63) is 63.7 Å². The molecule has 2 aromatic rings. The molecule has 2 aromatic carbocycles. The molecule has 1 aliphatic heterocycles. The van der Waals surface area contributed by atoms with Crippen molar-refractivity contribution < 1.29 is 14.5 Å². The fourth-order valence-corrected chi connectivity index (χ4v) is 2.80. The highest BCUT2D eigenvalue weighted by Crippen LogP contribution is 2.30. The van der Waals surface area contributed by atoms with Crippen LogP contribution in [0.1, 0.15) is 17.5 Å². The van der Waals surface area contributed by atoms with Crippen molar-refractivity contribution in [1.29, 1.82) is 5.26 Å². The standard InChI is InChI=1S/C18H15N3O4/c19-11-13-3-6-16(7-4-13)25-12-18(22)20-9-1-2-14-10-15(21(23)24)5-8-17(14)20/h3-8,10H,1-2,9,12H2. The van der Waals surface area contributed by atoms with Gasteiger partial charge in [-0.2, -0.15) is 5.26 Å². The van der Waals surface area contributed by atoms with Crippen LogP contribution in [0.15, 0.2) is 42.5 Å². The average Bonchev–Trinajstić information content (AvgIpc) is 2.65. The van der Waals surface area contributed by atoms with Gasteiger partial charge in [-0.05, 0) is 48.7 Å². The molecule has 0 saturated carbocycles. The number of non-ortho nitro benzene ring substituents is 1. The Labute approximate surface area is 144 Å². The van der Waals surface area contributed by atoms with E-state index in [2.05, 4.69) is 0 Å². The Hall–Kier alpha value is -3.40. The molecule has 7 heteroatoms. The summed E-state index contributed by atoms with van der Waals surface area (Å²) in [5, 5.41) is 19.7. The van der Waals surface area contributed by atoms with E-state index in [1.807, 2.05) is 6.07 Å². The minimum Gasteiger partial charge on any atom is -0.484 e. The number of nitro benzene ring substituents is 1. The van der Waals surface area contributed by atoms with E-state index in [-0.39, 0.29) is 18.2 Å². The molecule has 0 saturated heterocycles. The summed E-state index contributed by atoms with van der Waals surface area (Å²) in [6.45, 7) is 0.419. The number of nitro groups is 1. The molecule has 25 heavy (non-hydrogen) atoms. The minimum absolute atomic E-state index is 0.0295. The molecule has 0 bridgehead atoms. The van der Waals surface area contributed by atoms with E-state index in [0.29, 0.717) is 30.0 Å². The number of hydrogen-bond donors (Lipinski definition) is 0. The third kappa shape index (κ3) is 3.58. The van der Waals surface area contributed by atoms with Crippen LogP contribution >= 0.6 is 0 Å². The number of rotatable bonds is 4. The maximum Gasteiger partial charge on any atom is 0.269 e. The summed E-state index contributed by atoms with van der Waals surface area (Å²) in [6.07, 6.45) is 1.45. The molecule has 0 aliphatic carbocycles. The van der Waals surface area contributed by atoms with Gasteiger partial charge in [-0.15, -0.1) is 0 Å². The predicted molar refractivity (Wildman–Crippen MR) is 90.4 cm³/mol. The number of amides is 1. The highest BCUT2D eigenvalue weighted by molar-refractivity contribution is 5.95. The van der Waals surface area contributed by atoms with Crippen molar-refractivity contribution in [2.24, 2.45) is 0 Å². The van der Waals surface area contributed by atoms with Crippen molar-refractivity contribution >= 4 is 17.3 Å². The van der Waals surface area contributed by atoms with E-state index in [1.165, 1.54) is 12.1 Å². The largest absolute Gasteiger partial charge is 0.484 e. The number of nitriles is 1. The summed E-state index contributed by atoms with van der Waals surface area (Å²) in [4.78, 5) is 24.6. The van der Waals surface area contributed by atoms with Gasteiger partial charge in [-0.3, -0.25) is 14.9 Å². The molecule has 0 radical (unpaired) electrons. The lowest BCUT2D eigenvalue weighted by Crippen LogP contribution is -2.38. The van der Waals surface area contributed by atoms with Crippen LogP contribution in [-0.2, 0) is 11.2 Å². The molecule has 0 aromatic heterocycles. The Morgan fingerprint density at radius 3 is 2.72 bits per heavy atom. The summed E-state index contributed by atoms with van der Waals surface area (Å²) in [7, 11) is 0. The molecular weight excluding hydrogens is 322 g/mol. The lowest BCUT2D eigenvalue weighted by molar-refractivity contribution is -0.384. The Kier molecular flexibility index (Phi) is 4.61. The molecule has 0 fully saturated rings. The molecule has 3 rings (SSSR count). The molecule has 1 heterocycles. The predicted octanol–water partition coefficient (Wildman–Crippen LogP) is 2.82. The summed E-state index contributed by atoms with van der Waals surface area (Å²) in [5.74, 6) is 0.299. The number of anilines is 1. The first-order valence-corrected chi connectivity index (χ1v) is 7.79. The van der Waals surface area contributed by atoms with Gasteiger partial charge in [-0.25, -0.2) is 0 Å². The first-order valence-electron chi connectivity index (χ1n) is 7.79. The zero-order valence-corrected chi connectivity index (χ0v) is 13.3. The molecule has 1 aliphatic rings. The quantitative estimate of drug-likeness (QED) is 0.631. The van der Waals surface area contributed by atoms with E-state index < -0.39 is 4.92 Å². The molecular formula is C18H15N3O4. The number of carbonyl (C=O) groups is 1. The zero-order chi connectivity index (χ0) is 17.8. The van der Waals surface area contributed by atoms with Crippen LogP contribution < -0.4 is 9.64 Å². The second-order valence-electron chi connectivity index (χ2n) is 5.64. The van der Waals surface area contributed by atoms with Crippen LogP contribution in [0.4, 0.5) is 11.4 Å². The highest BCUT2D eigenvalue weighted by Gasteiger charge is 2.24. The lowest BCUT2D eigenvalue weighted by Gasteiger charge is -2.29. The molecule has 0 unspecified atom stereocenters. The molecule has 0 atom stereocenters. The third-order valence-electron chi connectivity index (χ3n) is 4.04. The normalized spacial score (nSPS) is 12.8. The van der Waals surface area contributed by atoms with Gasteiger partial charge in [0.2, 0.25) is 0 Å². The van der Waals surface area contributed by atoms with Crippen LogP contribution in [0.5, 0.6) is 5.75 Å². The van der Waals surface area contributed by atoms with E-state index in [4.69, 9.17) is 10.00 Å². The molecule has 0 N–H and O–H groups in total. The van der Waals surface area contributed by atoms with Crippen molar-refractivity contribution in [3.63, 3.8) is 0 Å². The van der Waals surface area contributed by atoms with Crippen LogP contribution in [0.2, 0.25) is 0 Å². The number of nitrogens with zero attached hydrogens (tertiary/aromatic N) is 3. The Morgan fingerprint density at radius 2 is 2.04 bits per heavy atom. The molecule has 0 spiro atoms. The number of carbonyl (C=O) groups excluding carboxylic acids is 1.